The van der Waals surface area contributed by atoms with Crippen molar-refractivity contribution in [3.8, 4) is 11.5 Å². The zero-order valence-corrected chi connectivity index (χ0v) is 12.8. The summed E-state index contributed by atoms with van der Waals surface area (Å²) in [7, 11) is 1.58. The minimum atomic E-state index is -0.190. The third-order valence-corrected chi connectivity index (χ3v) is 2.61. The van der Waals surface area contributed by atoms with Crippen LogP contribution in [0.5, 0.6) is 11.5 Å². The first-order valence-electron chi connectivity index (χ1n) is 6.98. The zero-order chi connectivity index (χ0) is 15.7. The maximum absolute atomic E-state index is 11.5. The van der Waals surface area contributed by atoms with Crippen molar-refractivity contribution in [2.24, 2.45) is 0 Å². The fourth-order valence-electron chi connectivity index (χ4n) is 1.66. The van der Waals surface area contributed by atoms with Crippen LogP contribution in [0.15, 0.2) is 24.3 Å². The standard InChI is InChI=1S/C16H23NO4/c1-12(2)21-14-7-5-13(11-15(14)20-3)6-8-16(19)17-9-4-10-18/h5-8,11-12,18H,4,9-10H2,1-3H3,(H,17,19)/b8-6+. The summed E-state index contributed by atoms with van der Waals surface area (Å²) in [5.41, 5.74) is 0.847. The van der Waals surface area contributed by atoms with Crippen LogP contribution in [0, 0.1) is 0 Å². The Labute approximate surface area is 125 Å². The van der Waals surface area contributed by atoms with Gasteiger partial charge in [0.15, 0.2) is 11.5 Å². The van der Waals surface area contributed by atoms with Crippen molar-refractivity contribution in [1.82, 2.24) is 5.32 Å². The third kappa shape index (κ3) is 6.31. The topological polar surface area (TPSA) is 67.8 Å². The van der Waals surface area contributed by atoms with Crippen LogP contribution < -0.4 is 14.8 Å². The van der Waals surface area contributed by atoms with Gasteiger partial charge in [-0.05, 0) is 44.0 Å². The first-order chi connectivity index (χ1) is 10.1. The molecule has 0 fully saturated rings. The first-order valence-corrected chi connectivity index (χ1v) is 6.98. The highest BCUT2D eigenvalue weighted by molar-refractivity contribution is 5.91. The molecule has 2 N–H and O–H groups in total. The van der Waals surface area contributed by atoms with E-state index in [-0.39, 0.29) is 18.6 Å². The van der Waals surface area contributed by atoms with Crippen molar-refractivity contribution in [2.45, 2.75) is 26.4 Å². The Morgan fingerprint density at radius 1 is 1.38 bits per heavy atom. The zero-order valence-electron chi connectivity index (χ0n) is 12.8. The van der Waals surface area contributed by atoms with Gasteiger partial charge in [0.1, 0.15) is 0 Å². The fraction of sp³-hybridized carbons (Fsp3) is 0.438. The molecule has 1 aromatic rings. The molecule has 0 aliphatic carbocycles. The summed E-state index contributed by atoms with van der Waals surface area (Å²) < 4.78 is 10.9. The molecule has 0 atom stereocenters. The second kappa shape index (κ2) is 9.02. The minimum Gasteiger partial charge on any atom is -0.493 e. The lowest BCUT2D eigenvalue weighted by Gasteiger charge is -2.13. The van der Waals surface area contributed by atoms with Crippen molar-refractivity contribution in [2.75, 3.05) is 20.3 Å². The molecule has 0 spiro atoms. The van der Waals surface area contributed by atoms with E-state index in [1.54, 1.807) is 13.2 Å². The highest BCUT2D eigenvalue weighted by Crippen LogP contribution is 2.29. The molecule has 0 heterocycles. The molecule has 0 bridgehead atoms. The number of hydrogen-bond donors (Lipinski definition) is 2. The van der Waals surface area contributed by atoms with E-state index in [9.17, 15) is 4.79 Å². The van der Waals surface area contributed by atoms with Crippen LogP contribution >= 0.6 is 0 Å². The van der Waals surface area contributed by atoms with E-state index in [2.05, 4.69) is 5.32 Å². The Bertz CT molecular complexity index is 483. The average molecular weight is 293 g/mol. The number of aliphatic hydroxyl groups excluding tert-OH is 1. The summed E-state index contributed by atoms with van der Waals surface area (Å²) in [6.07, 6.45) is 3.78. The van der Waals surface area contributed by atoms with Gasteiger partial charge in [-0.1, -0.05) is 6.07 Å². The molecule has 0 radical (unpaired) electrons. The lowest BCUT2D eigenvalue weighted by molar-refractivity contribution is -0.116. The maximum atomic E-state index is 11.5. The van der Waals surface area contributed by atoms with Crippen LogP contribution in [0.2, 0.25) is 0 Å². The number of rotatable bonds is 8. The van der Waals surface area contributed by atoms with E-state index < -0.39 is 0 Å². The number of carbonyl (C=O) groups excluding carboxylic acids is 1. The molecule has 0 aliphatic heterocycles. The minimum absolute atomic E-state index is 0.0672. The third-order valence-electron chi connectivity index (χ3n) is 2.61. The van der Waals surface area contributed by atoms with Crippen LogP contribution in [0.4, 0.5) is 0 Å². The molecule has 0 unspecified atom stereocenters. The van der Waals surface area contributed by atoms with Crippen LogP contribution in [0.25, 0.3) is 6.08 Å². The molecule has 5 nitrogen and oxygen atoms in total. The lowest BCUT2D eigenvalue weighted by Crippen LogP contribution is -2.22. The molecule has 1 amide bonds. The second-order valence-electron chi connectivity index (χ2n) is 4.78. The molecular weight excluding hydrogens is 270 g/mol. The largest absolute Gasteiger partial charge is 0.493 e. The molecule has 116 valence electrons. The molecule has 0 aromatic heterocycles. The van der Waals surface area contributed by atoms with E-state index in [1.807, 2.05) is 32.0 Å². The summed E-state index contributed by atoms with van der Waals surface area (Å²) in [6.45, 7) is 4.43. The summed E-state index contributed by atoms with van der Waals surface area (Å²) in [4.78, 5) is 11.5. The van der Waals surface area contributed by atoms with Gasteiger partial charge in [0, 0.05) is 19.2 Å². The Kier molecular flexibility index (Phi) is 7.32. The van der Waals surface area contributed by atoms with Gasteiger partial charge in [0.25, 0.3) is 0 Å². The SMILES string of the molecule is COc1cc(/C=C/C(=O)NCCCO)ccc1OC(C)C. The maximum Gasteiger partial charge on any atom is 0.244 e. The monoisotopic (exact) mass is 293 g/mol. The van der Waals surface area contributed by atoms with Gasteiger partial charge in [-0.2, -0.15) is 0 Å². The predicted molar refractivity (Wildman–Crippen MR) is 82.5 cm³/mol. The van der Waals surface area contributed by atoms with Gasteiger partial charge in [-0.3, -0.25) is 4.79 Å². The molecule has 0 saturated carbocycles. The second-order valence-corrected chi connectivity index (χ2v) is 4.78. The Balaban J connectivity index is 2.69. The molecule has 5 heteroatoms. The van der Waals surface area contributed by atoms with E-state index in [0.29, 0.717) is 24.5 Å². The van der Waals surface area contributed by atoms with Crippen LogP contribution in [0.1, 0.15) is 25.8 Å². The normalized spacial score (nSPS) is 10.9. The summed E-state index contributed by atoms with van der Waals surface area (Å²) in [6, 6.07) is 5.50. The van der Waals surface area contributed by atoms with Crippen molar-refractivity contribution < 1.29 is 19.4 Å². The molecule has 1 rings (SSSR count). The smallest absolute Gasteiger partial charge is 0.244 e. The van der Waals surface area contributed by atoms with Gasteiger partial charge in [0.2, 0.25) is 5.91 Å². The Morgan fingerprint density at radius 3 is 2.76 bits per heavy atom. The van der Waals surface area contributed by atoms with Gasteiger partial charge in [-0.15, -0.1) is 0 Å². The van der Waals surface area contributed by atoms with Gasteiger partial charge in [-0.25, -0.2) is 0 Å². The van der Waals surface area contributed by atoms with E-state index in [1.165, 1.54) is 6.08 Å². The lowest BCUT2D eigenvalue weighted by atomic mass is 10.2. The summed E-state index contributed by atoms with van der Waals surface area (Å²) in [5.74, 6) is 1.12. The van der Waals surface area contributed by atoms with E-state index in [0.717, 1.165) is 5.56 Å². The summed E-state index contributed by atoms with van der Waals surface area (Å²) in [5, 5.41) is 11.3. The average Bonchev–Trinajstić information content (AvgIpc) is 2.46. The number of hydrogen-bond acceptors (Lipinski definition) is 4. The van der Waals surface area contributed by atoms with Gasteiger partial charge < -0.3 is 19.9 Å². The van der Waals surface area contributed by atoms with E-state index in [4.69, 9.17) is 14.6 Å². The Hall–Kier alpha value is -2.01. The van der Waals surface area contributed by atoms with Crippen molar-refractivity contribution in [3.63, 3.8) is 0 Å². The Morgan fingerprint density at radius 2 is 2.14 bits per heavy atom. The number of benzene rings is 1. The number of nitrogens with one attached hydrogen (secondary N) is 1. The molecular formula is C16H23NO4. The van der Waals surface area contributed by atoms with Crippen LogP contribution in [-0.2, 0) is 4.79 Å². The number of methoxy groups -OCH3 is 1. The number of carbonyl (C=O) groups is 1. The van der Waals surface area contributed by atoms with Crippen molar-refractivity contribution >= 4 is 12.0 Å². The molecule has 0 saturated heterocycles. The first kappa shape index (κ1) is 17.0. The fourth-order valence-corrected chi connectivity index (χ4v) is 1.66. The molecule has 21 heavy (non-hydrogen) atoms. The number of ether oxygens (including phenoxy) is 2. The van der Waals surface area contributed by atoms with Crippen LogP contribution in [0.3, 0.4) is 0 Å². The highest BCUT2D eigenvalue weighted by atomic mass is 16.5. The number of amides is 1. The van der Waals surface area contributed by atoms with Crippen molar-refractivity contribution in [3.05, 3.63) is 29.8 Å². The highest BCUT2D eigenvalue weighted by Gasteiger charge is 2.06. The van der Waals surface area contributed by atoms with E-state index >= 15 is 0 Å². The van der Waals surface area contributed by atoms with Crippen molar-refractivity contribution in [1.29, 1.82) is 0 Å². The number of aliphatic hydroxyl groups is 1. The van der Waals surface area contributed by atoms with Gasteiger partial charge in [0.05, 0.1) is 13.2 Å². The quantitative estimate of drug-likeness (QED) is 0.568. The summed E-state index contributed by atoms with van der Waals surface area (Å²) >= 11 is 0. The molecule has 0 aliphatic rings. The molecule has 1 aromatic carbocycles. The van der Waals surface area contributed by atoms with Gasteiger partial charge >= 0.3 is 0 Å². The predicted octanol–water partition coefficient (Wildman–Crippen LogP) is 1.99. The van der Waals surface area contributed by atoms with Crippen LogP contribution in [-0.4, -0.2) is 37.4 Å².